The maximum atomic E-state index is 12.0. The van der Waals surface area contributed by atoms with Crippen LogP contribution >= 0.6 is 0 Å². The minimum atomic E-state index is -0.0974. The summed E-state index contributed by atoms with van der Waals surface area (Å²) in [5, 5.41) is 2.93. The normalized spacial score (nSPS) is 24.3. The van der Waals surface area contributed by atoms with Gasteiger partial charge in [-0.2, -0.15) is 0 Å². The van der Waals surface area contributed by atoms with E-state index in [0.717, 1.165) is 36.6 Å². The molecule has 0 unspecified atom stereocenters. The molecule has 1 N–H and O–H groups in total. The Kier molecular flexibility index (Phi) is 5.18. The molecule has 0 spiro atoms. The summed E-state index contributed by atoms with van der Waals surface area (Å²) in [5.74, 6) is 0.705. The van der Waals surface area contributed by atoms with Crippen molar-refractivity contribution in [2.24, 2.45) is 0 Å². The average Bonchev–Trinajstić information content (AvgIpc) is 3.00. The first-order valence-electron chi connectivity index (χ1n) is 8.45. The Morgan fingerprint density at radius 3 is 2.96 bits per heavy atom. The lowest BCUT2D eigenvalue weighted by Gasteiger charge is -2.35. The van der Waals surface area contributed by atoms with Gasteiger partial charge in [-0.15, -0.1) is 0 Å². The van der Waals surface area contributed by atoms with Gasteiger partial charge in [0.05, 0.1) is 12.7 Å². The Balaban J connectivity index is 1.41. The minimum Gasteiger partial charge on any atom is -0.483 e. The van der Waals surface area contributed by atoms with Gasteiger partial charge in [-0.1, -0.05) is 18.2 Å². The highest BCUT2D eigenvalue weighted by atomic mass is 16.5. The van der Waals surface area contributed by atoms with Crippen molar-refractivity contribution in [1.82, 2.24) is 10.2 Å². The maximum absolute atomic E-state index is 12.0. The van der Waals surface area contributed by atoms with Crippen LogP contribution in [0.4, 0.5) is 0 Å². The monoisotopic (exact) mass is 318 g/mol. The molecule has 2 aliphatic rings. The largest absolute Gasteiger partial charge is 0.483 e. The predicted octanol–water partition coefficient (Wildman–Crippen LogP) is 1.66. The van der Waals surface area contributed by atoms with E-state index < -0.39 is 0 Å². The molecule has 0 aromatic heterocycles. The molecule has 0 saturated carbocycles. The van der Waals surface area contributed by atoms with Crippen LogP contribution in [0.25, 0.3) is 0 Å². The van der Waals surface area contributed by atoms with Gasteiger partial charge in [-0.3, -0.25) is 9.69 Å². The molecule has 1 aromatic rings. The number of nitrogens with one attached hydrogen (secondary N) is 1. The second kappa shape index (κ2) is 7.32. The molecule has 0 radical (unpaired) electrons. The van der Waals surface area contributed by atoms with Crippen LogP contribution in [0.5, 0.6) is 5.75 Å². The number of fused-ring (bicyclic) bond motifs is 1. The Hall–Kier alpha value is -1.59. The van der Waals surface area contributed by atoms with Crippen LogP contribution in [0, 0.1) is 13.8 Å². The molecule has 0 bridgehead atoms. The summed E-state index contributed by atoms with van der Waals surface area (Å²) in [5.41, 5.74) is 2.10. The van der Waals surface area contributed by atoms with Crippen LogP contribution in [0.1, 0.15) is 24.0 Å². The molecule has 1 aromatic carbocycles. The van der Waals surface area contributed by atoms with E-state index in [-0.39, 0.29) is 18.6 Å². The van der Waals surface area contributed by atoms with E-state index in [1.54, 1.807) is 0 Å². The minimum absolute atomic E-state index is 0.0464. The van der Waals surface area contributed by atoms with E-state index >= 15 is 0 Å². The van der Waals surface area contributed by atoms with E-state index in [1.807, 2.05) is 32.0 Å². The zero-order valence-electron chi connectivity index (χ0n) is 14.0. The third-order valence-corrected chi connectivity index (χ3v) is 4.74. The summed E-state index contributed by atoms with van der Waals surface area (Å²) in [6, 6.07) is 6.56. The molecule has 2 saturated heterocycles. The highest BCUT2D eigenvalue weighted by Gasteiger charge is 2.32. The molecule has 1 amide bonds. The van der Waals surface area contributed by atoms with Gasteiger partial charge < -0.3 is 14.8 Å². The SMILES string of the molecule is Cc1cccc(C)c1OCC(=O)NC[C@@H]1CN2CCC[C@@H]2CO1. The van der Waals surface area contributed by atoms with Crippen molar-refractivity contribution in [3.05, 3.63) is 29.3 Å². The number of amides is 1. The number of hydrogen-bond donors (Lipinski definition) is 1. The van der Waals surface area contributed by atoms with Crippen molar-refractivity contribution in [3.8, 4) is 5.75 Å². The number of aryl methyl sites for hydroxylation is 2. The quantitative estimate of drug-likeness (QED) is 0.897. The fourth-order valence-electron chi connectivity index (χ4n) is 3.45. The van der Waals surface area contributed by atoms with E-state index in [9.17, 15) is 4.79 Å². The van der Waals surface area contributed by atoms with Gasteiger partial charge in [-0.25, -0.2) is 0 Å². The van der Waals surface area contributed by atoms with Crippen LogP contribution in [0.3, 0.4) is 0 Å². The van der Waals surface area contributed by atoms with E-state index in [2.05, 4.69) is 10.2 Å². The maximum Gasteiger partial charge on any atom is 0.258 e. The molecule has 2 fully saturated rings. The lowest BCUT2D eigenvalue weighted by Crippen LogP contribution is -2.50. The first-order valence-corrected chi connectivity index (χ1v) is 8.45. The van der Waals surface area contributed by atoms with Crippen LogP contribution in [0.2, 0.25) is 0 Å². The molecule has 2 atom stereocenters. The van der Waals surface area contributed by atoms with Crippen LogP contribution in [0.15, 0.2) is 18.2 Å². The zero-order valence-corrected chi connectivity index (χ0v) is 14.0. The van der Waals surface area contributed by atoms with Crippen LogP contribution in [-0.2, 0) is 9.53 Å². The van der Waals surface area contributed by atoms with E-state index in [0.29, 0.717) is 12.6 Å². The lowest BCUT2D eigenvalue weighted by molar-refractivity contribution is -0.124. The highest BCUT2D eigenvalue weighted by Crippen LogP contribution is 2.23. The predicted molar refractivity (Wildman–Crippen MR) is 88.8 cm³/mol. The molecule has 0 aliphatic carbocycles. The molecule has 2 heterocycles. The van der Waals surface area contributed by atoms with E-state index in [4.69, 9.17) is 9.47 Å². The summed E-state index contributed by atoms with van der Waals surface area (Å²) in [7, 11) is 0. The number of ether oxygens (including phenoxy) is 2. The summed E-state index contributed by atoms with van der Waals surface area (Å²) >= 11 is 0. The van der Waals surface area contributed by atoms with Crippen molar-refractivity contribution in [1.29, 1.82) is 0 Å². The molecule has 5 nitrogen and oxygen atoms in total. The van der Waals surface area contributed by atoms with Gasteiger partial charge >= 0.3 is 0 Å². The third kappa shape index (κ3) is 4.03. The topological polar surface area (TPSA) is 50.8 Å². The number of hydrogen-bond acceptors (Lipinski definition) is 4. The Morgan fingerprint density at radius 2 is 2.17 bits per heavy atom. The lowest BCUT2D eigenvalue weighted by atomic mass is 10.1. The van der Waals surface area contributed by atoms with Crippen molar-refractivity contribution in [2.45, 2.75) is 38.8 Å². The standard InChI is InChI=1S/C18H26N2O3/c1-13-5-3-6-14(2)18(13)23-12-17(21)19-9-16-10-20-8-4-7-15(20)11-22-16/h3,5-6,15-16H,4,7-12H2,1-2H3,(H,19,21)/t15-,16-/m1/s1. The van der Waals surface area contributed by atoms with Crippen LogP contribution < -0.4 is 10.1 Å². The molecule has 2 aliphatic heterocycles. The van der Waals surface area contributed by atoms with Crippen molar-refractivity contribution in [3.63, 3.8) is 0 Å². The second-order valence-corrected chi connectivity index (χ2v) is 6.56. The average molecular weight is 318 g/mol. The van der Waals surface area contributed by atoms with Gasteiger partial charge in [-0.05, 0) is 44.4 Å². The summed E-state index contributed by atoms with van der Waals surface area (Å²) in [4.78, 5) is 14.5. The van der Waals surface area contributed by atoms with Gasteiger partial charge in [0.2, 0.25) is 0 Å². The smallest absolute Gasteiger partial charge is 0.258 e. The first-order chi connectivity index (χ1) is 11.1. The summed E-state index contributed by atoms with van der Waals surface area (Å²) < 4.78 is 11.5. The van der Waals surface area contributed by atoms with Gasteiger partial charge in [0, 0.05) is 19.1 Å². The van der Waals surface area contributed by atoms with E-state index in [1.165, 1.54) is 12.8 Å². The van der Waals surface area contributed by atoms with Gasteiger partial charge in [0.15, 0.2) is 6.61 Å². The number of morpholine rings is 1. The zero-order chi connectivity index (χ0) is 16.2. The fourth-order valence-corrected chi connectivity index (χ4v) is 3.45. The number of rotatable bonds is 5. The summed E-state index contributed by atoms with van der Waals surface area (Å²) in [6.07, 6.45) is 2.59. The number of carbonyl (C=O) groups excluding carboxylic acids is 1. The number of carbonyl (C=O) groups is 1. The summed E-state index contributed by atoms with van der Waals surface area (Å²) in [6.45, 7) is 7.45. The highest BCUT2D eigenvalue weighted by molar-refractivity contribution is 5.77. The van der Waals surface area contributed by atoms with Crippen molar-refractivity contribution >= 4 is 5.91 Å². The molecule has 3 rings (SSSR count). The Morgan fingerprint density at radius 1 is 1.39 bits per heavy atom. The van der Waals surface area contributed by atoms with Gasteiger partial charge in [0.1, 0.15) is 5.75 Å². The van der Waals surface area contributed by atoms with Crippen molar-refractivity contribution < 1.29 is 14.3 Å². The molecule has 126 valence electrons. The molecule has 23 heavy (non-hydrogen) atoms. The molecule has 5 heteroatoms. The first kappa shape index (κ1) is 16.3. The Labute approximate surface area is 137 Å². The fraction of sp³-hybridized carbons (Fsp3) is 0.611. The third-order valence-electron chi connectivity index (χ3n) is 4.74. The number of para-hydroxylation sites is 1. The van der Waals surface area contributed by atoms with Crippen molar-refractivity contribution in [2.75, 3.05) is 32.8 Å². The molecular weight excluding hydrogens is 292 g/mol. The number of nitrogens with zero attached hydrogens (tertiary/aromatic N) is 1. The number of benzene rings is 1. The Bertz CT molecular complexity index is 541. The molecular formula is C18H26N2O3. The van der Waals surface area contributed by atoms with Gasteiger partial charge in [0.25, 0.3) is 5.91 Å². The van der Waals surface area contributed by atoms with Crippen LogP contribution in [-0.4, -0.2) is 55.8 Å². The second-order valence-electron chi connectivity index (χ2n) is 6.56.